The van der Waals surface area contributed by atoms with Gasteiger partial charge in [-0.15, -0.1) is 0 Å². The van der Waals surface area contributed by atoms with Crippen molar-refractivity contribution in [2.24, 2.45) is 0 Å². The normalized spacial score (nSPS) is 11.8. The number of benzene rings is 2. The minimum atomic E-state index is -0.199. The first-order valence-corrected chi connectivity index (χ1v) is 8.06. The van der Waals surface area contributed by atoms with Crippen LogP contribution in [0.4, 0.5) is 0 Å². The van der Waals surface area contributed by atoms with Crippen molar-refractivity contribution in [3.63, 3.8) is 0 Å². The third-order valence-electron chi connectivity index (χ3n) is 3.39. The second kappa shape index (κ2) is 3.38. The molecule has 4 aromatic rings. The van der Waals surface area contributed by atoms with Gasteiger partial charge in [0, 0.05) is 0 Å². The van der Waals surface area contributed by atoms with Gasteiger partial charge in [-0.05, 0) is 0 Å². The van der Waals surface area contributed by atoms with Crippen LogP contribution in [0, 0.1) is 6.92 Å². The van der Waals surface area contributed by atoms with Gasteiger partial charge in [0.1, 0.15) is 0 Å². The van der Waals surface area contributed by atoms with Crippen molar-refractivity contribution in [3.8, 4) is 0 Å². The van der Waals surface area contributed by atoms with E-state index in [1.54, 1.807) is 6.93 Å². The number of aryl methyl sites for hydroxylation is 1. The molecule has 0 atom stereocenters. The predicted octanol–water partition coefficient (Wildman–Crippen LogP) is 3.61. The summed E-state index contributed by atoms with van der Waals surface area (Å²) < 4.78 is 5.63. The van der Waals surface area contributed by atoms with Crippen LogP contribution in [0.25, 0.3) is 23.4 Å². The maximum absolute atomic E-state index is 2.47. The summed E-state index contributed by atoms with van der Waals surface area (Å²) in [6, 6.07) is 17.6. The van der Waals surface area contributed by atoms with Crippen molar-refractivity contribution in [2.45, 2.75) is 6.92 Å². The minimum absolute atomic E-state index is 0.199. The summed E-state index contributed by atoms with van der Waals surface area (Å²) in [5.41, 5.74) is 4.27. The van der Waals surface area contributed by atoms with Gasteiger partial charge in [-0.25, -0.2) is 0 Å². The molecule has 0 bridgehead atoms. The zero-order valence-corrected chi connectivity index (χ0v) is 11.8. The van der Waals surface area contributed by atoms with E-state index in [0.29, 0.717) is 0 Å². The molecule has 0 aliphatic rings. The molecule has 0 radical (unpaired) electrons. The molecule has 82 valence electrons. The Morgan fingerprint density at radius 2 is 1.59 bits per heavy atom. The molecule has 0 amide bonds. The predicted molar refractivity (Wildman–Crippen MR) is 74.1 cm³/mol. The Labute approximate surface area is 109 Å². The van der Waals surface area contributed by atoms with Crippen molar-refractivity contribution >= 4 is 43.8 Å². The standard InChI is InChI=1S/C15H11NTe/c1-10-11-6-2-3-7-12(11)16-13-8-4-5-9-14(13)17-15(10)16/h2-9H,1H3. The van der Waals surface area contributed by atoms with E-state index in [9.17, 15) is 0 Å². The maximum atomic E-state index is 2.47. The first-order chi connectivity index (χ1) is 8.36. The number of rotatable bonds is 0. The topological polar surface area (TPSA) is 4.41 Å². The van der Waals surface area contributed by atoms with E-state index in [1.807, 2.05) is 0 Å². The Morgan fingerprint density at radius 3 is 2.47 bits per heavy atom. The molecular formula is C15H11NTe. The molecule has 0 unspecified atom stereocenters. The van der Waals surface area contributed by atoms with Gasteiger partial charge in [0.25, 0.3) is 0 Å². The van der Waals surface area contributed by atoms with E-state index < -0.39 is 0 Å². The van der Waals surface area contributed by atoms with E-state index in [2.05, 4.69) is 59.9 Å². The molecule has 0 spiro atoms. The van der Waals surface area contributed by atoms with Crippen LogP contribution in [-0.4, -0.2) is 24.8 Å². The van der Waals surface area contributed by atoms with Gasteiger partial charge in [-0.3, -0.25) is 0 Å². The number of aromatic nitrogens is 1. The van der Waals surface area contributed by atoms with Crippen LogP contribution in [0.2, 0.25) is 0 Å². The van der Waals surface area contributed by atoms with Crippen molar-refractivity contribution in [1.29, 1.82) is 0 Å². The quantitative estimate of drug-likeness (QED) is 0.433. The Morgan fingerprint density at radius 1 is 0.882 bits per heavy atom. The van der Waals surface area contributed by atoms with Gasteiger partial charge in [-0.2, -0.15) is 0 Å². The molecule has 0 saturated heterocycles. The third kappa shape index (κ3) is 1.20. The van der Waals surface area contributed by atoms with Crippen molar-refractivity contribution in [2.75, 3.05) is 0 Å². The zero-order chi connectivity index (χ0) is 11.4. The molecule has 1 nitrogen and oxygen atoms in total. The van der Waals surface area contributed by atoms with Gasteiger partial charge in [0.2, 0.25) is 0 Å². The second-order valence-corrected chi connectivity index (χ2v) is 7.29. The monoisotopic (exact) mass is 335 g/mol. The molecule has 0 N–H and O–H groups in total. The summed E-state index contributed by atoms with van der Waals surface area (Å²) in [7, 11) is 0. The first-order valence-electron chi connectivity index (χ1n) is 5.73. The van der Waals surface area contributed by atoms with Crippen LogP contribution in [0.3, 0.4) is 0 Å². The van der Waals surface area contributed by atoms with Crippen molar-refractivity contribution in [1.82, 2.24) is 4.40 Å². The van der Waals surface area contributed by atoms with Gasteiger partial charge >= 0.3 is 109 Å². The molecule has 0 saturated carbocycles. The molecule has 0 fully saturated rings. The van der Waals surface area contributed by atoms with E-state index in [-0.39, 0.29) is 20.4 Å². The van der Waals surface area contributed by atoms with E-state index in [1.165, 1.54) is 22.0 Å². The number of nitrogens with zero attached hydrogens (tertiary/aromatic N) is 1. The summed E-state index contributed by atoms with van der Waals surface area (Å²) in [5.74, 6) is 0. The second-order valence-electron chi connectivity index (χ2n) is 4.35. The molecule has 0 aliphatic heterocycles. The van der Waals surface area contributed by atoms with E-state index in [4.69, 9.17) is 0 Å². The molecule has 2 heteroatoms. The van der Waals surface area contributed by atoms with E-state index in [0.717, 1.165) is 0 Å². The number of para-hydroxylation sites is 2. The Bertz CT molecular complexity index is 851. The zero-order valence-electron chi connectivity index (χ0n) is 9.47. The number of hydrogen-bond donors (Lipinski definition) is 0. The number of hydrogen-bond acceptors (Lipinski definition) is 0. The van der Waals surface area contributed by atoms with Gasteiger partial charge in [0.15, 0.2) is 0 Å². The molecule has 2 aromatic carbocycles. The number of fused-ring (bicyclic) bond motifs is 5. The molecule has 2 heterocycles. The van der Waals surface area contributed by atoms with E-state index >= 15 is 0 Å². The summed E-state index contributed by atoms with van der Waals surface area (Å²) in [6.45, 7) is 2.27. The first kappa shape index (κ1) is 9.76. The summed E-state index contributed by atoms with van der Waals surface area (Å²) in [5, 5.41) is 1.42. The average molecular weight is 333 g/mol. The summed E-state index contributed by atoms with van der Waals surface area (Å²) >= 11 is -0.199. The van der Waals surface area contributed by atoms with Crippen LogP contribution in [-0.2, 0) is 0 Å². The fourth-order valence-electron chi connectivity index (χ4n) is 2.57. The Kier molecular flexibility index (Phi) is 1.94. The Balaban J connectivity index is 2.41. The average Bonchev–Trinajstić information content (AvgIpc) is 2.88. The van der Waals surface area contributed by atoms with Crippen LogP contribution in [0.5, 0.6) is 0 Å². The summed E-state index contributed by atoms with van der Waals surface area (Å²) in [6.07, 6.45) is 0. The molecule has 2 aromatic heterocycles. The van der Waals surface area contributed by atoms with Crippen molar-refractivity contribution in [3.05, 3.63) is 54.1 Å². The SMILES string of the molecule is Cc1c2ccccc2n2c1[te]c1ccccc12. The van der Waals surface area contributed by atoms with Gasteiger partial charge in [-0.1, -0.05) is 0 Å². The van der Waals surface area contributed by atoms with Crippen molar-refractivity contribution < 1.29 is 0 Å². The summed E-state index contributed by atoms with van der Waals surface area (Å²) in [4.78, 5) is 0. The van der Waals surface area contributed by atoms with Crippen LogP contribution < -0.4 is 0 Å². The molecule has 17 heavy (non-hydrogen) atoms. The molecule has 4 rings (SSSR count). The fourth-order valence-corrected chi connectivity index (χ4v) is 5.91. The molecule has 0 aliphatic carbocycles. The van der Waals surface area contributed by atoms with Crippen LogP contribution in [0.15, 0.2) is 48.5 Å². The van der Waals surface area contributed by atoms with Gasteiger partial charge < -0.3 is 0 Å². The van der Waals surface area contributed by atoms with Gasteiger partial charge in [0.05, 0.1) is 0 Å². The fraction of sp³-hybridized carbons (Fsp3) is 0.0667. The third-order valence-corrected chi connectivity index (χ3v) is 6.95. The Hall–Kier alpha value is -1.23. The van der Waals surface area contributed by atoms with Crippen LogP contribution >= 0.6 is 0 Å². The molecular weight excluding hydrogens is 322 g/mol. The van der Waals surface area contributed by atoms with Crippen LogP contribution in [0.1, 0.15) is 5.56 Å².